The fraction of sp³-hybridized carbons (Fsp3) is 0.381. The molecule has 3 aromatic heterocycles. The average molecular weight is 461 g/mol. The Hall–Kier alpha value is -3.26. The van der Waals surface area contributed by atoms with E-state index in [9.17, 15) is 23.2 Å². The first-order valence-electron chi connectivity index (χ1n) is 10.2. The molecular weight excluding hydrogens is 443 g/mol. The number of carbonyl (C=O) groups is 1. The minimum absolute atomic E-state index is 0.0797. The van der Waals surface area contributed by atoms with E-state index in [2.05, 4.69) is 21.8 Å². The molecule has 2 aliphatic rings. The molecule has 0 unspecified atom stereocenters. The van der Waals surface area contributed by atoms with Crippen LogP contribution in [0.1, 0.15) is 63.6 Å². The smallest absolute Gasteiger partial charge is 0.410 e. The number of fused-ring (bicyclic) bond motifs is 2. The second-order valence-electron chi connectivity index (χ2n) is 7.85. The third-order valence-electron chi connectivity index (χ3n) is 5.82. The normalized spacial score (nSPS) is 20.1. The molecular formula is C21H18F3N5O2S. The highest BCUT2D eigenvalue weighted by molar-refractivity contribution is 7.16. The number of carbonyl (C=O) groups excluding carboxylic acids is 1. The van der Waals surface area contributed by atoms with Gasteiger partial charge in [0.1, 0.15) is 22.6 Å². The van der Waals surface area contributed by atoms with Crippen LogP contribution in [0.2, 0.25) is 0 Å². The monoisotopic (exact) mass is 461 g/mol. The molecule has 0 radical (unpaired) electrons. The Kier molecular flexibility index (Phi) is 4.97. The van der Waals surface area contributed by atoms with Crippen molar-refractivity contribution in [2.24, 2.45) is 0 Å². The molecule has 32 heavy (non-hydrogen) atoms. The molecule has 4 heterocycles. The van der Waals surface area contributed by atoms with E-state index >= 15 is 0 Å². The zero-order chi connectivity index (χ0) is 22.5. The van der Waals surface area contributed by atoms with E-state index in [1.54, 1.807) is 12.1 Å². The number of furan rings is 1. The van der Waals surface area contributed by atoms with Crippen LogP contribution in [0.4, 0.5) is 24.0 Å². The van der Waals surface area contributed by atoms with E-state index in [1.165, 1.54) is 23.7 Å². The summed E-state index contributed by atoms with van der Waals surface area (Å²) in [7, 11) is 0. The number of alkyl halides is 3. The molecule has 0 fully saturated rings. The molecule has 0 aromatic carbocycles. The third kappa shape index (κ3) is 3.54. The lowest BCUT2D eigenvalue weighted by molar-refractivity contribution is -0.174. The summed E-state index contributed by atoms with van der Waals surface area (Å²) in [5.41, 5.74) is 1.24. The number of hydrogen-bond acceptors (Lipinski definition) is 6. The van der Waals surface area contributed by atoms with Gasteiger partial charge in [0.15, 0.2) is 11.7 Å². The van der Waals surface area contributed by atoms with Gasteiger partial charge in [0.25, 0.3) is 5.91 Å². The topological polar surface area (TPSA) is 95.9 Å². The molecule has 11 heteroatoms. The zero-order valence-electron chi connectivity index (χ0n) is 16.7. The molecule has 2 N–H and O–H groups in total. The van der Waals surface area contributed by atoms with Crippen LogP contribution in [0.3, 0.4) is 0 Å². The predicted octanol–water partition coefficient (Wildman–Crippen LogP) is 5.20. The van der Waals surface area contributed by atoms with E-state index < -0.39 is 24.2 Å². The van der Waals surface area contributed by atoms with Crippen LogP contribution in [0, 0.1) is 11.3 Å². The van der Waals surface area contributed by atoms with Crippen LogP contribution in [0.5, 0.6) is 0 Å². The van der Waals surface area contributed by atoms with Crippen molar-refractivity contribution < 1.29 is 22.4 Å². The standard InChI is InChI=1S/C21H18F3N5O2S/c22-21(23,24)17-8-13(15-5-3-7-31-15)26-18-9-14(28-29(17)18)19(30)27-20-12(10-25)11-4-1-2-6-16(11)32-20/h3,5,7,9,13,17,26H,1-2,4,6,8H2,(H,27,30)/t13-,17-/m0/s1. The van der Waals surface area contributed by atoms with Crippen LogP contribution in [-0.2, 0) is 12.8 Å². The summed E-state index contributed by atoms with van der Waals surface area (Å²) < 4.78 is 47.4. The highest BCUT2D eigenvalue weighted by Crippen LogP contribution is 2.44. The number of aromatic nitrogens is 2. The minimum Gasteiger partial charge on any atom is -0.467 e. The number of halogens is 3. The summed E-state index contributed by atoms with van der Waals surface area (Å²) in [6.45, 7) is 0. The molecule has 7 nitrogen and oxygen atoms in total. The number of rotatable bonds is 3. The lowest BCUT2D eigenvalue weighted by atomic mass is 9.96. The Labute approximate surface area is 184 Å². The predicted molar refractivity (Wildman–Crippen MR) is 111 cm³/mol. The van der Waals surface area contributed by atoms with Crippen molar-refractivity contribution in [1.82, 2.24) is 9.78 Å². The van der Waals surface area contributed by atoms with Crippen LogP contribution >= 0.6 is 11.3 Å². The third-order valence-corrected chi connectivity index (χ3v) is 7.03. The highest BCUT2D eigenvalue weighted by atomic mass is 32.1. The fourth-order valence-electron chi connectivity index (χ4n) is 4.30. The fourth-order valence-corrected chi connectivity index (χ4v) is 5.53. The summed E-state index contributed by atoms with van der Waals surface area (Å²) in [6, 6.07) is 4.06. The van der Waals surface area contributed by atoms with Crippen LogP contribution < -0.4 is 10.6 Å². The van der Waals surface area contributed by atoms with Crippen LogP contribution in [0.25, 0.3) is 0 Å². The van der Waals surface area contributed by atoms with Crippen LogP contribution in [-0.4, -0.2) is 21.9 Å². The van der Waals surface area contributed by atoms with Gasteiger partial charge in [-0.25, -0.2) is 4.68 Å². The SMILES string of the molecule is N#Cc1c(NC(=O)c2cc3n(n2)[C@H](C(F)(F)F)C[C@@H](c2ccco2)N3)sc2c1CCCC2. The van der Waals surface area contributed by atoms with Gasteiger partial charge in [0.2, 0.25) is 0 Å². The van der Waals surface area contributed by atoms with Gasteiger partial charge in [0.05, 0.1) is 17.9 Å². The minimum atomic E-state index is -4.55. The van der Waals surface area contributed by atoms with Gasteiger partial charge in [0, 0.05) is 17.4 Å². The van der Waals surface area contributed by atoms with Gasteiger partial charge in [-0.05, 0) is 43.4 Å². The molecule has 0 saturated heterocycles. The first-order chi connectivity index (χ1) is 15.3. The lowest BCUT2D eigenvalue weighted by Gasteiger charge is -2.32. The van der Waals surface area contributed by atoms with Crippen molar-refractivity contribution in [3.05, 3.63) is 51.9 Å². The second-order valence-corrected chi connectivity index (χ2v) is 8.95. The van der Waals surface area contributed by atoms with E-state index in [1.807, 2.05) is 0 Å². The summed E-state index contributed by atoms with van der Waals surface area (Å²) in [4.78, 5) is 13.9. The number of nitrogens with zero attached hydrogens (tertiary/aromatic N) is 3. The van der Waals surface area contributed by atoms with Crippen molar-refractivity contribution in [3.8, 4) is 6.07 Å². The largest absolute Gasteiger partial charge is 0.467 e. The van der Waals surface area contributed by atoms with Crippen molar-refractivity contribution in [2.45, 2.75) is 50.4 Å². The van der Waals surface area contributed by atoms with Crippen molar-refractivity contribution in [1.29, 1.82) is 5.26 Å². The molecule has 1 aliphatic carbocycles. The molecule has 0 spiro atoms. The molecule has 166 valence electrons. The second kappa shape index (κ2) is 7.70. The maximum atomic E-state index is 13.8. The molecule has 5 rings (SSSR count). The Morgan fingerprint density at radius 3 is 2.91 bits per heavy atom. The van der Waals surface area contributed by atoms with Gasteiger partial charge in [-0.2, -0.15) is 23.5 Å². The van der Waals surface area contributed by atoms with Crippen molar-refractivity contribution in [3.63, 3.8) is 0 Å². The summed E-state index contributed by atoms with van der Waals surface area (Å²) in [5.74, 6) is -0.198. The first kappa shape index (κ1) is 20.6. The van der Waals surface area contributed by atoms with Gasteiger partial charge in [-0.3, -0.25) is 4.79 Å². The van der Waals surface area contributed by atoms with E-state index in [0.717, 1.165) is 40.8 Å². The molecule has 1 aliphatic heterocycles. The van der Waals surface area contributed by atoms with Crippen molar-refractivity contribution >= 4 is 28.1 Å². The van der Waals surface area contributed by atoms with Gasteiger partial charge in [-0.1, -0.05) is 0 Å². The number of amides is 1. The molecule has 2 atom stereocenters. The zero-order valence-corrected chi connectivity index (χ0v) is 17.5. The number of thiophene rings is 1. The van der Waals surface area contributed by atoms with Gasteiger partial charge in [-0.15, -0.1) is 11.3 Å². The average Bonchev–Trinajstić information content (AvgIpc) is 3.49. The molecule has 1 amide bonds. The summed E-state index contributed by atoms with van der Waals surface area (Å²) in [6.07, 6.45) is 0.189. The number of aryl methyl sites for hydroxylation is 1. The van der Waals surface area contributed by atoms with Gasteiger partial charge >= 0.3 is 6.18 Å². The Morgan fingerprint density at radius 1 is 1.38 bits per heavy atom. The number of nitrogens with one attached hydrogen (secondary N) is 2. The number of anilines is 2. The molecule has 3 aromatic rings. The van der Waals surface area contributed by atoms with Gasteiger partial charge < -0.3 is 15.1 Å². The Morgan fingerprint density at radius 2 is 2.19 bits per heavy atom. The lowest BCUT2D eigenvalue weighted by Crippen LogP contribution is -2.35. The van der Waals surface area contributed by atoms with Crippen molar-refractivity contribution in [2.75, 3.05) is 10.6 Å². The summed E-state index contributed by atoms with van der Waals surface area (Å²) in [5, 5.41) is 19.6. The molecule has 0 saturated carbocycles. The van der Waals surface area contributed by atoms with E-state index in [0.29, 0.717) is 16.3 Å². The Bertz CT molecular complexity index is 1210. The number of nitriles is 1. The number of hydrogen-bond donors (Lipinski definition) is 2. The first-order valence-corrected chi connectivity index (χ1v) is 11.0. The summed E-state index contributed by atoms with van der Waals surface area (Å²) >= 11 is 1.35. The van der Waals surface area contributed by atoms with E-state index in [-0.39, 0.29) is 17.9 Å². The highest BCUT2D eigenvalue weighted by Gasteiger charge is 2.47. The quantitative estimate of drug-likeness (QED) is 0.559. The maximum absolute atomic E-state index is 13.8. The van der Waals surface area contributed by atoms with Crippen LogP contribution in [0.15, 0.2) is 28.9 Å². The van der Waals surface area contributed by atoms with E-state index in [4.69, 9.17) is 4.42 Å². The molecule has 0 bridgehead atoms. The maximum Gasteiger partial charge on any atom is 0.410 e. The Balaban J connectivity index is 1.45.